The lowest BCUT2D eigenvalue weighted by molar-refractivity contribution is 0.0654. The molecule has 0 aliphatic heterocycles. The molecule has 1 saturated carbocycles. The molecule has 0 spiro atoms. The van der Waals surface area contributed by atoms with Gasteiger partial charge in [-0.3, -0.25) is 4.79 Å². The standard InChI is InChI=1S/C17H20FNO3/c1-19(12-4-2-11(10-20)3-5-12)17(21)14-6-7-15(18)16-13(14)8-9-22-16/h6-9,11-12,20H,2-5,10H2,1H3. The maximum Gasteiger partial charge on any atom is 0.254 e. The average molecular weight is 305 g/mol. The van der Waals surface area contributed by atoms with Crippen LogP contribution in [-0.2, 0) is 0 Å². The molecule has 118 valence electrons. The fourth-order valence-corrected chi connectivity index (χ4v) is 3.29. The van der Waals surface area contributed by atoms with Crippen LogP contribution in [0.5, 0.6) is 0 Å². The van der Waals surface area contributed by atoms with Crippen LogP contribution in [0, 0.1) is 11.7 Å². The van der Waals surface area contributed by atoms with Crippen LogP contribution in [0.2, 0.25) is 0 Å². The highest BCUT2D eigenvalue weighted by Crippen LogP contribution is 2.29. The van der Waals surface area contributed by atoms with Crippen LogP contribution in [-0.4, -0.2) is 35.6 Å². The maximum absolute atomic E-state index is 13.7. The molecular weight excluding hydrogens is 285 g/mol. The second kappa shape index (κ2) is 6.08. The van der Waals surface area contributed by atoms with Gasteiger partial charge in [0.2, 0.25) is 0 Å². The number of benzene rings is 1. The molecular formula is C17H20FNO3. The molecule has 4 nitrogen and oxygen atoms in total. The summed E-state index contributed by atoms with van der Waals surface area (Å²) in [6.45, 7) is 0.220. The van der Waals surface area contributed by atoms with Crippen molar-refractivity contribution in [3.8, 4) is 0 Å². The fraction of sp³-hybridized carbons (Fsp3) is 0.471. The van der Waals surface area contributed by atoms with E-state index in [1.165, 1.54) is 18.4 Å². The van der Waals surface area contributed by atoms with Gasteiger partial charge in [0.25, 0.3) is 5.91 Å². The normalized spacial score (nSPS) is 22.0. The number of aliphatic hydroxyl groups excluding tert-OH is 1. The van der Waals surface area contributed by atoms with E-state index in [-0.39, 0.29) is 24.1 Å². The highest BCUT2D eigenvalue weighted by Gasteiger charge is 2.28. The van der Waals surface area contributed by atoms with Gasteiger partial charge in [-0.05, 0) is 49.8 Å². The van der Waals surface area contributed by atoms with Gasteiger partial charge >= 0.3 is 0 Å². The number of rotatable bonds is 3. The van der Waals surface area contributed by atoms with Gasteiger partial charge in [0.1, 0.15) is 0 Å². The predicted molar refractivity (Wildman–Crippen MR) is 81.1 cm³/mol. The molecule has 0 atom stereocenters. The van der Waals surface area contributed by atoms with Crippen LogP contribution >= 0.6 is 0 Å². The highest BCUT2D eigenvalue weighted by molar-refractivity contribution is 6.06. The van der Waals surface area contributed by atoms with E-state index in [0.29, 0.717) is 16.9 Å². The van der Waals surface area contributed by atoms with Crippen molar-refractivity contribution in [1.29, 1.82) is 0 Å². The highest BCUT2D eigenvalue weighted by atomic mass is 19.1. The second-order valence-corrected chi connectivity index (χ2v) is 6.03. The van der Waals surface area contributed by atoms with E-state index < -0.39 is 5.82 Å². The molecule has 5 heteroatoms. The first-order chi connectivity index (χ1) is 10.6. The fourth-order valence-electron chi connectivity index (χ4n) is 3.29. The second-order valence-electron chi connectivity index (χ2n) is 6.03. The van der Waals surface area contributed by atoms with Gasteiger partial charge in [-0.25, -0.2) is 4.39 Å². The van der Waals surface area contributed by atoms with E-state index >= 15 is 0 Å². The summed E-state index contributed by atoms with van der Waals surface area (Å²) >= 11 is 0. The third-order valence-electron chi connectivity index (χ3n) is 4.74. The molecule has 1 heterocycles. The summed E-state index contributed by atoms with van der Waals surface area (Å²) in [6, 6.07) is 4.59. The van der Waals surface area contributed by atoms with Crippen LogP contribution in [0.1, 0.15) is 36.0 Å². The van der Waals surface area contributed by atoms with Crippen molar-refractivity contribution in [3.05, 3.63) is 35.8 Å². The van der Waals surface area contributed by atoms with Gasteiger partial charge in [0.15, 0.2) is 11.4 Å². The Balaban J connectivity index is 1.81. The Bertz CT molecular complexity index is 674. The molecule has 0 bridgehead atoms. The first-order valence-corrected chi connectivity index (χ1v) is 7.65. The number of halogens is 1. The molecule has 1 aliphatic carbocycles. The molecule has 3 rings (SSSR count). The van der Waals surface area contributed by atoms with Crippen LogP contribution in [0.3, 0.4) is 0 Å². The number of furan rings is 1. The lowest BCUT2D eigenvalue weighted by atomic mass is 9.86. The first-order valence-electron chi connectivity index (χ1n) is 7.65. The van der Waals surface area contributed by atoms with E-state index in [1.54, 1.807) is 18.0 Å². The van der Waals surface area contributed by atoms with Crippen molar-refractivity contribution in [2.24, 2.45) is 5.92 Å². The summed E-state index contributed by atoms with van der Waals surface area (Å²) in [4.78, 5) is 14.5. The minimum atomic E-state index is -0.456. The molecule has 1 aromatic carbocycles. The van der Waals surface area contributed by atoms with Gasteiger partial charge in [0, 0.05) is 25.1 Å². The zero-order chi connectivity index (χ0) is 15.7. The monoisotopic (exact) mass is 305 g/mol. The summed E-state index contributed by atoms with van der Waals surface area (Å²) in [6.07, 6.45) is 5.05. The van der Waals surface area contributed by atoms with Crippen LogP contribution in [0.15, 0.2) is 28.9 Å². The molecule has 1 aliphatic rings. The van der Waals surface area contributed by atoms with Crippen LogP contribution in [0.25, 0.3) is 11.0 Å². The van der Waals surface area contributed by atoms with E-state index in [2.05, 4.69) is 0 Å². The topological polar surface area (TPSA) is 53.7 Å². The average Bonchev–Trinajstić information content (AvgIpc) is 3.04. The van der Waals surface area contributed by atoms with Crippen molar-refractivity contribution >= 4 is 16.9 Å². The van der Waals surface area contributed by atoms with Crippen molar-refractivity contribution in [3.63, 3.8) is 0 Å². The van der Waals surface area contributed by atoms with E-state index in [4.69, 9.17) is 4.42 Å². The summed E-state index contributed by atoms with van der Waals surface area (Å²) < 4.78 is 18.8. The number of carbonyl (C=O) groups is 1. The molecule has 1 amide bonds. The number of hydrogen-bond donors (Lipinski definition) is 1. The minimum absolute atomic E-state index is 0.112. The number of carbonyl (C=O) groups excluding carboxylic acids is 1. The Kier molecular flexibility index (Phi) is 4.16. The predicted octanol–water partition coefficient (Wildman–Crippen LogP) is 3.20. The number of nitrogens with zero attached hydrogens (tertiary/aromatic N) is 1. The van der Waals surface area contributed by atoms with Crippen molar-refractivity contribution in [2.75, 3.05) is 13.7 Å². The van der Waals surface area contributed by atoms with Crippen molar-refractivity contribution < 1.29 is 18.7 Å². The van der Waals surface area contributed by atoms with E-state index in [9.17, 15) is 14.3 Å². The van der Waals surface area contributed by atoms with Gasteiger partial charge in [-0.2, -0.15) is 0 Å². The number of hydrogen-bond acceptors (Lipinski definition) is 3. The SMILES string of the molecule is CN(C(=O)c1ccc(F)c2occc12)C1CCC(CO)CC1. The van der Waals surface area contributed by atoms with Crippen molar-refractivity contribution in [1.82, 2.24) is 4.90 Å². The molecule has 0 unspecified atom stereocenters. The Labute approximate surface area is 128 Å². The molecule has 22 heavy (non-hydrogen) atoms. The zero-order valence-corrected chi connectivity index (χ0v) is 12.6. The van der Waals surface area contributed by atoms with Crippen LogP contribution in [0.4, 0.5) is 4.39 Å². The van der Waals surface area contributed by atoms with Gasteiger partial charge in [-0.15, -0.1) is 0 Å². The van der Waals surface area contributed by atoms with Crippen molar-refractivity contribution in [2.45, 2.75) is 31.7 Å². The lowest BCUT2D eigenvalue weighted by Gasteiger charge is -2.34. The molecule has 2 aromatic rings. The summed E-state index contributed by atoms with van der Waals surface area (Å²) in [7, 11) is 1.79. The number of amides is 1. The summed E-state index contributed by atoms with van der Waals surface area (Å²) in [5, 5.41) is 9.71. The molecule has 1 fully saturated rings. The number of fused-ring (bicyclic) bond motifs is 1. The molecule has 0 saturated heterocycles. The summed E-state index contributed by atoms with van der Waals surface area (Å²) in [5.74, 6) is -0.215. The molecule has 0 radical (unpaired) electrons. The zero-order valence-electron chi connectivity index (χ0n) is 12.6. The molecule has 1 N–H and O–H groups in total. The number of aliphatic hydroxyl groups is 1. The largest absolute Gasteiger partial charge is 0.461 e. The maximum atomic E-state index is 13.7. The first kappa shape index (κ1) is 15.0. The Morgan fingerprint density at radius 3 is 2.73 bits per heavy atom. The van der Waals surface area contributed by atoms with E-state index in [1.807, 2.05) is 0 Å². The van der Waals surface area contributed by atoms with Gasteiger partial charge in [-0.1, -0.05) is 0 Å². The van der Waals surface area contributed by atoms with Gasteiger partial charge < -0.3 is 14.4 Å². The Morgan fingerprint density at radius 1 is 1.32 bits per heavy atom. The Morgan fingerprint density at radius 2 is 2.05 bits per heavy atom. The Hall–Kier alpha value is -1.88. The summed E-state index contributed by atoms with van der Waals surface area (Å²) in [5.41, 5.74) is 0.597. The quantitative estimate of drug-likeness (QED) is 0.947. The lowest BCUT2D eigenvalue weighted by Crippen LogP contribution is -2.39. The third-order valence-corrected chi connectivity index (χ3v) is 4.74. The van der Waals surface area contributed by atoms with Crippen LogP contribution < -0.4 is 0 Å². The molecule has 1 aromatic heterocycles. The van der Waals surface area contributed by atoms with Gasteiger partial charge in [0.05, 0.1) is 11.8 Å². The van der Waals surface area contributed by atoms with E-state index in [0.717, 1.165) is 25.7 Å². The third kappa shape index (κ3) is 2.61. The smallest absolute Gasteiger partial charge is 0.254 e. The minimum Gasteiger partial charge on any atom is -0.461 e.